The number of hydrogen-bond acceptors (Lipinski definition) is 8. The highest BCUT2D eigenvalue weighted by atomic mass is 32.1. The fourth-order valence-corrected chi connectivity index (χ4v) is 4.22. The highest BCUT2D eigenvalue weighted by Crippen LogP contribution is 2.31. The first-order valence-electron chi connectivity index (χ1n) is 8.83. The fraction of sp³-hybridized carbons (Fsp3) is 0.150. The number of aromatic nitrogens is 3. The van der Waals surface area contributed by atoms with Gasteiger partial charge in [0.15, 0.2) is 10.9 Å². The molecule has 3 aromatic heterocycles. The van der Waals surface area contributed by atoms with E-state index in [9.17, 15) is 9.59 Å². The molecule has 146 valence electrons. The summed E-state index contributed by atoms with van der Waals surface area (Å²) in [6.45, 7) is 1.49. The summed E-state index contributed by atoms with van der Waals surface area (Å²) in [5, 5.41) is 9.02. The Kier molecular flexibility index (Phi) is 5.59. The summed E-state index contributed by atoms with van der Waals surface area (Å²) in [6, 6.07) is 13.2. The molecule has 1 amide bonds. The van der Waals surface area contributed by atoms with E-state index < -0.39 is 0 Å². The van der Waals surface area contributed by atoms with Crippen LogP contribution in [-0.4, -0.2) is 26.8 Å². The van der Waals surface area contributed by atoms with Crippen molar-refractivity contribution in [2.24, 2.45) is 0 Å². The van der Waals surface area contributed by atoms with Crippen molar-refractivity contribution in [2.75, 3.05) is 5.32 Å². The maximum Gasteiger partial charge on any atom is 0.227 e. The van der Waals surface area contributed by atoms with Gasteiger partial charge in [0.2, 0.25) is 17.6 Å². The van der Waals surface area contributed by atoms with Gasteiger partial charge in [0.1, 0.15) is 0 Å². The molecule has 1 N–H and O–H groups in total. The number of aryl methyl sites for hydroxylation is 1. The van der Waals surface area contributed by atoms with E-state index in [-0.39, 0.29) is 18.1 Å². The number of thiazole rings is 1. The average molecular weight is 425 g/mol. The topological polar surface area (TPSA) is 98.0 Å². The van der Waals surface area contributed by atoms with E-state index in [1.54, 1.807) is 0 Å². The normalized spacial score (nSPS) is 10.8. The number of benzene rings is 1. The second kappa shape index (κ2) is 8.46. The number of anilines is 1. The minimum absolute atomic E-state index is 0.0891. The molecule has 0 fully saturated rings. The number of Topliss-reactive ketones (excluding diaryl/α,β-unsaturated/α-hetero) is 1. The Balaban J connectivity index is 1.42. The molecule has 7 nitrogen and oxygen atoms in total. The SMILES string of the molecule is CC(=O)c1sc(NC(=O)CCc2nc(-c3cccs3)no2)nc1-c1ccccc1. The quantitative estimate of drug-likeness (QED) is 0.432. The van der Waals surface area contributed by atoms with Crippen LogP contribution in [0.5, 0.6) is 0 Å². The monoisotopic (exact) mass is 424 g/mol. The van der Waals surface area contributed by atoms with E-state index in [2.05, 4.69) is 20.4 Å². The van der Waals surface area contributed by atoms with Crippen LogP contribution < -0.4 is 5.32 Å². The second-order valence-corrected chi connectivity index (χ2v) is 8.10. The largest absolute Gasteiger partial charge is 0.339 e. The lowest BCUT2D eigenvalue weighted by Crippen LogP contribution is -2.12. The summed E-state index contributed by atoms with van der Waals surface area (Å²) in [4.78, 5) is 34.5. The second-order valence-electron chi connectivity index (χ2n) is 6.16. The van der Waals surface area contributed by atoms with Crippen LogP contribution >= 0.6 is 22.7 Å². The van der Waals surface area contributed by atoms with E-state index in [0.29, 0.717) is 33.8 Å². The van der Waals surface area contributed by atoms with Gasteiger partial charge in [0.25, 0.3) is 0 Å². The molecule has 0 saturated heterocycles. The van der Waals surface area contributed by atoms with Crippen molar-refractivity contribution in [3.05, 3.63) is 58.6 Å². The molecule has 29 heavy (non-hydrogen) atoms. The lowest BCUT2D eigenvalue weighted by Gasteiger charge is -1.99. The van der Waals surface area contributed by atoms with Crippen LogP contribution in [0, 0.1) is 0 Å². The Bertz CT molecular complexity index is 1130. The average Bonchev–Trinajstić information content (AvgIpc) is 3.47. The number of hydrogen-bond donors (Lipinski definition) is 1. The smallest absolute Gasteiger partial charge is 0.227 e. The number of rotatable bonds is 7. The van der Waals surface area contributed by atoms with Gasteiger partial charge in [0.05, 0.1) is 15.4 Å². The van der Waals surface area contributed by atoms with Gasteiger partial charge in [-0.05, 0) is 11.4 Å². The van der Waals surface area contributed by atoms with Gasteiger partial charge in [-0.1, -0.05) is 52.9 Å². The molecule has 0 aliphatic heterocycles. The third-order valence-electron chi connectivity index (χ3n) is 4.02. The summed E-state index contributed by atoms with van der Waals surface area (Å²) < 4.78 is 5.21. The number of carbonyl (C=O) groups excluding carboxylic acids is 2. The number of nitrogens with zero attached hydrogens (tertiary/aromatic N) is 3. The maximum absolute atomic E-state index is 12.3. The van der Waals surface area contributed by atoms with E-state index in [1.165, 1.54) is 29.6 Å². The lowest BCUT2D eigenvalue weighted by atomic mass is 10.1. The molecule has 9 heteroatoms. The van der Waals surface area contributed by atoms with E-state index in [0.717, 1.165) is 10.4 Å². The Hall–Kier alpha value is -3.17. The van der Waals surface area contributed by atoms with Crippen LogP contribution in [0.25, 0.3) is 22.0 Å². The molecule has 4 rings (SSSR count). The number of nitrogens with one attached hydrogen (secondary N) is 1. The molecular weight excluding hydrogens is 408 g/mol. The summed E-state index contributed by atoms with van der Waals surface area (Å²) in [5.41, 5.74) is 1.41. The van der Waals surface area contributed by atoms with Crippen LogP contribution in [-0.2, 0) is 11.2 Å². The van der Waals surface area contributed by atoms with Crippen LogP contribution in [0.1, 0.15) is 28.9 Å². The predicted molar refractivity (Wildman–Crippen MR) is 112 cm³/mol. The summed E-state index contributed by atoms with van der Waals surface area (Å²) in [6.07, 6.45) is 0.489. The zero-order valence-corrected chi connectivity index (χ0v) is 17.0. The molecule has 1 aromatic carbocycles. The number of thiophene rings is 1. The molecule has 0 aliphatic carbocycles. The molecule has 0 aliphatic rings. The van der Waals surface area contributed by atoms with Crippen LogP contribution in [0.2, 0.25) is 0 Å². The molecule has 0 unspecified atom stereocenters. The first-order chi connectivity index (χ1) is 14.1. The highest BCUT2D eigenvalue weighted by Gasteiger charge is 2.18. The molecule has 0 bridgehead atoms. The molecule has 3 heterocycles. The Morgan fingerprint density at radius 3 is 2.66 bits per heavy atom. The van der Waals surface area contributed by atoms with Gasteiger partial charge in [-0.25, -0.2) is 4.98 Å². The molecule has 4 aromatic rings. The first-order valence-corrected chi connectivity index (χ1v) is 10.5. The first kappa shape index (κ1) is 19.2. The van der Waals surface area contributed by atoms with E-state index in [1.807, 2.05) is 47.8 Å². The third-order valence-corrected chi connectivity index (χ3v) is 5.95. The van der Waals surface area contributed by atoms with Crippen LogP contribution in [0.4, 0.5) is 5.13 Å². The van der Waals surface area contributed by atoms with Gasteiger partial charge in [-0.3, -0.25) is 9.59 Å². The van der Waals surface area contributed by atoms with Crippen LogP contribution in [0.15, 0.2) is 52.4 Å². The van der Waals surface area contributed by atoms with Crippen molar-refractivity contribution in [1.82, 2.24) is 15.1 Å². The fourth-order valence-electron chi connectivity index (χ4n) is 2.67. The zero-order chi connectivity index (χ0) is 20.2. The summed E-state index contributed by atoms with van der Waals surface area (Å²) in [7, 11) is 0. The molecule has 0 spiro atoms. The van der Waals surface area contributed by atoms with E-state index >= 15 is 0 Å². The minimum Gasteiger partial charge on any atom is -0.339 e. The van der Waals surface area contributed by atoms with Gasteiger partial charge in [0, 0.05) is 25.3 Å². The standard InChI is InChI=1S/C20H16N4O3S2/c1-12(25)18-17(13-6-3-2-4-7-13)23-20(29-18)21-15(26)9-10-16-22-19(24-27-16)14-8-5-11-28-14/h2-8,11H,9-10H2,1H3,(H,21,23,26). The maximum atomic E-state index is 12.3. The van der Waals surface area contributed by atoms with Crippen molar-refractivity contribution < 1.29 is 14.1 Å². The Labute approximate surface area is 174 Å². The lowest BCUT2D eigenvalue weighted by molar-refractivity contribution is -0.116. The Morgan fingerprint density at radius 2 is 1.93 bits per heavy atom. The molecule has 0 radical (unpaired) electrons. The van der Waals surface area contributed by atoms with Crippen molar-refractivity contribution in [3.8, 4) is 22.0 Å². The summed E-state index contributed by atoms with van der Waals surface area (Å²) in [5.74, 6) is 0.601. The zero-order valence-electron chi connectivity index (χ0n) is 15.4. The van der Waals surface area contributed by atoms with Gasteiger partial charge in [-0.2, -0.15) is 4.98 Å². The van der Waals surface area contributed by atoms with Crippen LogP contribution in [0.3, 0.4) is 0 Å². The van der Waals surface area contributed by atoms with Crippen molar-refractivity contribution in [2.45, 2.75) is 19.8 Å². The summed E-state index contributed by atoms with van der Waals surface area (Å²) >= 11 is 2.69. The van der Waals surface area contributed by atoms with Crippen molar-refractivity contribution >= 4 is 39.5 Å². The highest BCUT2D eigenvalue weighted by molar-refractivity contribution is 7.18. The van der Waals surface area contributed by atoms with Crippen molar-refractivity contribution in [3.63, 3.8) is 0 Å². The minimum atomic E-state index is -0.232. The van der Waals surface area contributed by atoms with Gasteiger partial charge < -0.3 is 9.84 Å². The molecule has 0 atom stereocenters. The number of carbonyl (C=O) groups is 2. The Morgan fingerprint density at radius 1 is 1.10 bits per heavy atom. The van der Waals surface area contributed by atoms with Gasteiger partial charge in [-0.15, -0.1) is 11.3 Å². The number of amides is 1. The van der Waals surface area contributed by atoms with E-state index in [4.69, 9.17) is 4.52 Å². The van der Waals surface area contributed by atoms with Gasteiger partial charge >= 0.3 is 0 Å². The molecular formula is C20H16N4O3S2. The molecule has 0 saturated carbocycles. The third kappa shape index (κ3) is 4.47. The number of ketones is 1. The van der Waals surface area contributed by atoms with Crippen molar-refractivity contribution in [1.29, 1.82) is 0 Å². The predicted octanol–water partition coefficient (Wildman–Crippen LogP) is 4.70.